The molecule has 0 radical (unpaired) electrons. The van der Waals surface area contributed by atoms with Gasteiger partial charge in [-0.15, -0.1) is 12.4 Å². The topological polar surface area (TPSA) is 44.5 Å². The minimum Gasteiger partial charge on any atom is -1.00 e. The van der Waals surface area contributed by atoms with Crippen LogP contribution in [0.25, 0.3) is 32.3 Å². The van der Waals surface area contributed by atoms with Crippen molar-refractivity contribution in [2.24, 2.45) is 0 Å². The summed E-state index contributed by atoms with van der Waals surface area (Å²) in [5.41, 5.74) is 1.20. The Morgan fingerprint density at radius 3 is 1.69 bits per heavy atom. The summed E-state index contributed by atoms with van der Waals surface area (Å²) in [4.78, 5) is 4.36. The Morgan fingerprint density at radius 2 is 1.19 bits per heavy atom. The lowest BCUT2D eigenvalue weighted by Gasteiger charge is -2.24. The van der Waals surface area contributed by atoms with Gasteiger partial charge < -0.3 is 25.7 Å². The van der Waals surface area contributed by atoms with E-state index in [9.17, 15) is 0 Å². The van der Waals surface area contributed by atoms with Gasteiger partial charge in [0.05, 0.1) is 0 Å². The zero-order valence-electron chi connectivity index (χ0n) is 18.0. The van der Waals surface area contributed by atoms with E-state index in [4.69, 9.17) is 13.3 Å². The molecule has 0 saturated heterocycles. The van der Waals surface area contributed by atoms with Gasteiger partial charge in [0.1, 0.15) is 0 Å². The molecule has 0 N–H and O–H groups in total. The third kappa shape index (κ3) is 3.94. The van der Waals surface area contributed by atoms with Crippen molar-refractivity contribution in [2.75, 3.05) is 21.3 Å². The van der Waals surface area contributed by atoms with Crippen molar-refractivity contribution in [3.8, 4) is 0 Å². The third-order valence-electron chi connectivity index (χ3n) is 5.81. The Hall–Kier alpha value is -2.32. The number of aromatic nitrogens is 2. The maximum atomic E-state index is 5.58. The summed E-state index contributed by atoms with van der Waals surface area (Å²) in [6.07, 6.45) is 8.31. The molecule has 3 aromatic carbocycles. The van der Waals surface area contributed by atoms with E-state index in [2.05, 4.69) is 58.3 Å². The Kier molecular flexibility index (Phi) is 7.35. The molecule has 5 aromatic rings. The Labute approximate surface area is 200 Å². The van der Waals surface area contributed by atoms with Crippen molar-refractivity contribution in [1.29, 1.82) is 0 Å². The van der Waals surface area contributed by atoms with Gasteiger partial charge in [-0.05, 0) is 12.1 Å². The van der Waals surface area contributed by atoms with Crippen LogP contribution in [-0.2, 0) is 19.8 Å². The fourth-order valence-electron chi connectivity index (χ4n) is 4.35. The summed E-state index contributed by atoms with van der Waals surface area (Å²) in [6.45, 7) is 0.778. The second-order valence-corrected chi connectivity index (χ2v) is 10.4. The van der Waals surface area contributed by atoms with Gasteiger partial charge in [0, 0.05) is 76.8 Å². The van der Waals surface area contributed by atoms with E-state index in [-0.39, 0.29) is 24.8 Å². The molecule has 32 heavy (non-hydrogen) atoms. The number of nitrogens with zero attached hydrogens (tertiary/aromatic N) is 2. The van der Waals surface area contributed by atoms with Crippen LogP contribution in [0.15, 0.2) is 73.3 Å². The minimum atomic E-state index is -2.80. The Bertz CT molecular complexity index is 1270. The van der Waals surface area contributed by atoms with Crippen LogP contribution in [0, 0.1) is 0 Å². The lowest BCUT2D eigenvalue weighted by atomic mass is 9.97. The summed E-state index contributed by atoms with van der Waals surface area (Å²) in [5, 5.41) is 8.37. The zero-order chi connectivity index (χ0) is 20.7. The second-order valence-electron chi connectivity index (χ2n) is 7.44. The van der Waals surface area contributed by atoms with Gasteiger partial charge in [0.15, 0.2) is 18.9 Å². The highest BCUT2D eigenvalue weighted by Gasteiger charge is 2.40. The molecule has 0 unspecified atom stereocenters. The van der Waals surface area contributed by atoms with Gasteiger partial charge in [0.2, 0.25) is 0 Å². The summed E-state index contributed by atoms with van der Waals surface area (Å²) in [7, 11) is 2.08. The first-order valence-corrected chi connectivity index (χ1v) is 11.6. The highest BCUT2D eigenvalue weighted by atomic mass is 35.5. The van der Waals surface area contributed by atoms with Crippen LogP contribution in [0.2, 0.25) is 0 Å². The van der Waals surface area contributed by atoms with Crippen molar-refractivity contribution < 1.29 is 30.3 Å². The molecule has 0 amide bonds. The van der Waals surface area contributed by atoms with Gasteiger partial charge >= 0.3 is 8.80 Å². The molecule has 0 aliphatic carbocycles. The number of rotatable bonds is 6. The highest BCUT2D eigenvalue weighted by molar-refractivity contribution is 6.75. The highest BCUT2D eigenvalue weighted by Crippen LogP contribution is 2.32. The van der Waals surface area contributed by atoms with Gasteiger partial charge in [-0.25, -0.2) is 0 Å². The Balaban J connectivity index is 0.00000144. The quantitative estimate of drug-likeness (QED) is 0.202. The molecular formula is C24H24Cl2N2O3Si. The van der Waals surface area contributed by atoms with E-state index >= 15 is 0 Å². The Morgan fingerprint density at radius 1 is 0.719 bits per heavy atom. The molecule has 2 aromatic heterocycles. The van der Waals surface area contributed by atoms with Crippen molar-refractivity contribution in [2.45, 2.75) is 6.54 Å². The first-order valence-electron chi connectivity index (χ1n) is 9.84. The first-order chi connectivity index (χ1) is 14.7. The van der Waals surface area contributed by atoms with Crippen LogP contribution in [-0.4, -0.2) is 35.1 Å². The van der Waals surface area contributed by atoms with Gasteiger partial charge in [-0.1, -0.05) is 36.4 Å². The van der Waals surface area contributed by atoms with E-state index in [1.165, 1.54) is 37.9 Å². The van der Waals surface area contributed by atoms with Gasteiger partial charge in [-0.2, -0.15) is 4.57 Å². The van der Waals surface area contributed by atoms with E-state index < -0.39 is 8.80 Å². The summed E-state index contributed by atoms with van der Waals surface area (Å²) in [6, 6.07) is 17.0. The molecule has 0 aliphatic rings. The maximum absolute atomic E-state index is 5.58. The molecule has 0 saturated carbocycles. The van der Waals surface area contributed by atoms with Crippen LogP contribution in [0.3, 0.4) is 0 Å². The number of pyridine rings is 2. The van der Waals surface area contributed by atoms with E-state index in [0.717, 1.165) is 11.7 Å². The molecule has 0 bridgehead atoms. The maximum Gasteiger partial charge on any atom is 0.536 e. The molecule has 166 valence electrons. The predicted octanol–water partition coefficient (Wildman–Crippen LogP) is 0.826. The monoisotopic (exact) mass is 486 g/mol. The molecule has 5 nitrogen and oxygen atoms in total. The van der Waals surface area contributed by atoms with Crippen LogP contribution in [0.5, 0.6) is 0 Å². The van der Waals surface area contributed by atoms with E-state index in [1.54, 1.807) is 21.3 Å². The van der Waals surface area contributed by atoms with Gasteiger partial charge in [-0.3, -0.25) is 4.98 Å². The molecule has 0 aliphatic heterocycles. The normalized spacial score (nSPS) is 11.6. The van der Waals surface area contributed by atoms with E-state index in [0.29, 0.717) is 0 Å². The number of hydrogen-bond donors (Lipinski definition) is 0. The van der Waals surface area contributed by atoms with Crippen LogP contribution in [0.4, 0.5) is 0 Å². The number of halogens is 2. The summed E-state index contributed by atoms with van der Waals surface area (Å²) < 4.78 is 19.0. The van der Waals surface area contributed by atoms with Crippen molar-refractivity contribution in [3.63, 3.8) is 0 Å². The fourth-order valence-corrected chi connectivity index (χ4v) is 6.13. The first kappa shape index (κ1) is 24.3. The third-order valence-corrected chi connectivity index (χ3v) is 8.46. The van der Waals surface area contributed by atoms with Crippen LogP contribution >= 0.6 is 12.4 Å². The predicted molar refractivity (Wildman–Crippen MR) is 127 cm³/mol. The molecule has 0 spiro atoms. The van der Waals surface area contributed by atoms with Gasteiger partial charge in [0.25, 0.3) is 0 Å². The molecule has 8 heteroatoms. The van der Waals surface area contributed by atoms with Crippen molar-refractivity contribution in [3.05, 3.63) is 78.9 Å². The average molecular weight is 487 g/mol. The smallest absolute Gasteiger partial charge is 0.536 e. The van der Waals surface area contributed by atoms with E-state index in [1.807, 2.05) is 24.5 Å². The zero-order valence-corrected chi connectivity index (χ0v) is 20.6. The standard InChI is InChI=1S/C24H23N2O3Si.2ClH/c1-27-30(28-2,29-3)22-10-4-17(5-11-22)14-26-15-20-8-6-18-12-25-13-19-7-9-21(16-26)24(20)23(18)19;;/h4-13,15-16H,14H2,1-3H3;2*1H/q+1;;/p-1. The number of benzene rings is 3. The van der Waals surface area contributed by atoms with Crippen LogP contribution < -0.4 is 22.2 Å². The lowest BCUT2D eigenvalue weighted by Crippen LogP contribution is -3.00. The molecule has 0 fully saturated rings. The second kappa shape index (κ2) is 9.66. The fraction of sp³-hybridized carbons (Fsp3) is 0.167. The number of hydrogen-bond acceptors (Lipinski definition) is 4. The summed E-state index contributed by atoms with van der Waals surface area (Å²) in [5.74, 6) is 0. The molecular weight excluding hydrogens is 463 g/mol. The van der Waals surface area contributed by atoms with Crippen LogP contribution in [0.1, 0.15) is 5.56 Å². The average Bonchev–Trinajstić information content (AvgIpc) is 2.80. The molecule has 5 rings (SSSR count). The minimum absolute atomic E-state index is 0. The largest absolute Gasteiger partial charge is 1.00 e. The molecule has 2 heterocycles. The molecule has 0 atom stereocenters. The summed E-state index contributed by atoms with van der Waals surface area (Å²) >= 11 is 0. The lowest BCUT2D eigenvalue weighted by molar-refractivity contribution is -0.685. The van der Waals surface area contributed by atoms with Crippen molar-refractivity contribution in [1.82, 2.24) is 4.98 Å². The SMILES string of the molecule is CO[Si](OC)(OC)c1ccc(C[n+]2cc3ccc4cncc5ccc(c2)c3c45)cc1.Cl.[Cl-]. The van der Waals surface area contributed by atoms with Crippen molar-refractivity contribution >= 4 is 58.7 Å².